The first kappa shape index (κ1) is 15.4. The van der Waals surface area contributed by atoms with Gasteiger partial charge in [-0.3, -0.25) is 4.79 Å². The van der Waals surface area contributed by atoms with Gasteiger partial charge in [0, 0.05) is 24.7 Å². The predicted octanol–water partition coefficient (Wildman–Crippen LogP) is 2.43. The standard InChI is InChI=1S/C16H23N3O2/c1-10(2)19-9-13(8-15(19)20)17-16(21)18-14-7-5-6-11(3)12(14)4/h5-7,10,13H,8-9H2,1-4H3,(H2,17,18,21). The monoisotopic (exact) mass is 289 g/mol. The molecule has 2 rings (SSSR count). The zero-order valence-electron chi connectivity index (χ0n) is 13.1. The lowest BCUT2D eigenvalue weighted by atomic mass is 10.1. The summed E-state index contributed by atoms with van der Waals surface area (Å²) < 4.78 is 0. The number of rotatable bonds is 3. The molecule has 1 aliphatic rings. The Balaban J connectivity index is 1.94. The van der Waals surface area contributed by atoms with E-state index in [-0.39, 0.29) is 24.0 Å². The number of hydrogen-bond donors (Lipinski definition) is 2. The Morgan fingerprint density at radius 2 is 2.05 bits per heavy atom. The SMILES string of the molecule is Cc1cccc(NC(=O)NC2CC(=O)N(C(C)C)C2)c1C. The number of carbonyl (C=O) groups is 2. The number of likely N-dealkylation sites (tertiary alicyclic amines) is 1. The highest BCUT2D eigenvalue weighted by atomic mass is 16.2. The Hall–Kier alpha value is -2.04. The molecule has 0 radical (unpaired) electrons. The molecule has 5 heteroatoms. The third-order valence-corrected chi connectivity index (χ3v) is 3.97. The molecule has 1 aromatic rings. The fraction of sp³-hybridized carbons (Fsp3) is 0.500. The molecule has 0 aliphatic carbocycles. The number of anilines is 1. The molecule has 1 aliphatic heterocycles. The first-order chi connectivity index (χ1) is 9.88. The predicted molar refractivity (Wildman–Crippen MR) is 83.3 cm³/mol. The summed E-state index contributed by atoms with van der Waals surface area (Å²) in [7, 11) is 0. The van der Waals surface area contributed by atoms with Gasteiger partial charge in [0.05, 0.1) is 6.04 Å². The Morgan fingerprint density at radius 3 is 2.67 bits per heavy atom. The number of nitrogens with one attached hydrogen (secondary N) is 2. The van der Waals surface area contributed by atoms with E-state index in [0.717, 1.165) is 16.8 Å². The summed E-state index contributed by atoms with van der Waals surface area (Å²) in [6.45, 7) is 8.53. The van der Waals surface area contributed by atoms with Crippen LogP contribution in [-0.2, 0) is 4.79 Å². The van der Waals surface area contributed by atoms with Crippen LogP contribution in [-0.4, -0.2) is 35.5 Å². The number of carbonyl (C=O) groups excluding carboxylic acids is 2. The van der Waals surface area contributed by atoms with E-state index in [0.29, 0.717) is 13.0 Å². The van der Waals surface area contributed by atoms with Crippen LogP contribution in [0.3, 0.4) is 0 Å². The van der Waals surface area contributed by atoms with Gasteiger partial charge < -0.3 is 15.5 Å². The first-order valence-corrected chi connectivity index (χ1v) is 7.31. The molecule has 3 amide bonds. The molecule has 21 heavy (non-hydrogen) atoms. The second-order valence-corrected chi connectivity index (χ2v) is 5.89. The first-order valence-electron chi connectivity index (χ1n) is 7.31. The molecule has 1 unspecified atom stereocenters. The molecular formula is C16H23N3O2. The number of benzene rings is 1. The third kappa shape index (κ3) is 3.54. The highest BCUT2D eigenvalue weighted by molar-refractivity contribution is 5.91. The van der Waals surface area contributed by atoms with Crippen LogP contribution >= 0.6 is 0 Å². The van der Waals surface area contributed by atoms with Gasteiger partial charge in [0.2, 0.25) is 5.91 Å². The summed E-state index contributed by atoms with van der Waals surface area (Å²) in [6, 6.07) is 5.59. The van der Waals surface area contributed by atoms with Crippen molar-refractivity contribution in [3.8, 4) is 0 Å². The summed E-state index contributed by atoms with van der Waals surface area (Å²) in [5.41, 5.74) is 2.99. The molecule has 0 bridgehead atoms. The summed E-state index contributed by atoms with van der Waals surface area (Å²) in [5.74, 6) is 0.0991. The average Bonchev–Trinajstić information content (AvgIpc) is 2.76. The van der Waals surface area contributed by atoms with Crippen LogP contribution in [0.2, 0.25) is 0 Å². The maximum absolute atomic E-state index is 12.1. The smallest absolute Gasteiger partial charge is 0.319 e. The Morgan fingerprint density at radius 1 is 1.33 bits per heavy atom. The molecule has 0 aromatic heterocycles. The highest BCUT2D eigenvalue weighted by Crippen LogP contribution is 2.18. The fourth-order valence-electron chi connectivity index (χ4n) is 2.56. The molecule has 0 saturated carbocycles. The molecule has 1 fully saturated rings. The molecule has 1 aromatic carbocycles. The quantitative estimate of drug-likeness (QED) is 0.897. The molecule has 1 saturated heterocycles. The van der Waals surface area contributed by atoms with Crippen LogP contribution in [0.25, 0.3) is 0 Å². The summed E-state index contributed by atoms with van der Waals surface area (Å²) in [5, 5.41) is 5.73. The van der Waals surface area contributed by atoms with E-state index in [2.05, 4.69) is 10.6 Å². The Bertz CT molecular complexity index is 554. The lowest BCUT2D eigenvalue weighted by Gasteiger charge is -2.21. The van der Waals surface area contributed by atoms with Crippen LogP contribution in [0.15, 0.2) is 18.2 Å². The van der Waals surface area contributed by atoms with Gasteiger partial charge >= 0.3 is 6.03 Å². The third-order valence-electron chi connectivity index (χ3n) is 3.97. The number of aryl methyl sites for hydroxylation is 1. The van der Waals surface area contributed by atoms with Crippen LogP contribution in [0.1, 0.15) is 31.4 Å². The Kier molecular flexibility index (Phi) is 4.50. The van der Waals surface area contributed by atoms with Crippen LogP contribution < -0.4 is 10.6 Å². The molecule has 2 N–H and O–H groups in total. The molecule has 5 nitrogen and oxygen atoms in total. The minimum atomic E-state index is -0.257. The van der Waals surface area contributed by atoms with Crippen molar-refractivity contribution in [1.29, 1.82) is 0 Å². The zero-order valence-corrected chi connectivity index (χ0v) is 13.1. The highest BCUT2D eigenvalue weighted by Gasteiger charge is 2.31. The molecular weight excluding hydrogens is 266 g/mol. The number of nitrogens with zero attached hydrogens (tertiary/aromatic N) is 1. The maximum Gasteiger partial charge on any atom is 0.319 e. The second kappa shape index (κ2) is 6.16. The van der Waals surface area contributed by atoms with E-state index in [9.17, 15) is 9.59 Å². The molecule has 1 heterocycles. The van der Waals surface area contributed by atoms with Crippen LogP contribution in [0.5, 0.6) is 0 Å². The van der Waals surface area contributed by atoms with Crippen molar-refractivity contribution >= 4 is 17.6 Å². The van der Waals surface area contributed by atoms with Crippen molar-refractivity contribution in [1.82, 2.24) is 10.2 Å². The van der Waals surface area contributed by atoms with Gasteiger partial charge in [0.1, 0.15) is 0 Å². The van der Waals surface area contributed by atoms with Crippen molar-refractivity contribution in [3.63, 3.8) is 0 Å². The number of hydrogen-bond acceptors (Lipinski definition) is 2. The average molecular weight is 289 g/mol. The van der Waals surface area contributed by atoms with Crippen molar-refractivity contribution < 1.29 is 9.59 Å². The van der Waals surface area contributed by atoms with E-state index in [1.807, 2.05) is 45.9 Å². The van der Waals surface area contributed by atoms with Crippen molar-refractivity contribution in [3.05, 3.63) is 29.3 Å². The maximum atomic E-state index is 12.1. The second-order valence-electron chi connectivity index (χ2n) is 5.89. The minimum Gasteiger partial charge on any atom is -0.338 e. The normalized spacial score (nSPS) is 18.2. The molecule has 1 atom stereocenters. The topological polar surface area (TPSA) is 61.4 Å². The van der Waals surface area contributed by atoms with E-state index in [1.165, 1.54) is 0 Å². The van der Waals surface area contributed by atoms with E-state index >= 15 is 0 Å². The van der Waals surface area contributed by atoms with Gasteiger partial charge in [-0.2, -0.15) is 0 Å². The van der Waals surface area contributed by atoms with Gasteiger partial charge in [-0.25, -0.2) is 4.79 Å². The van der Waals surface area contributed by atoms with Gasteiger partial charge in [-0.05, 0) is 44.9 Å². The largest absolute Gasteiger partial charge is 0.338 e. The van der Waals surface area contributed by atoms with Crippen LogP contribution in [0.4, 0.5) is 10.5 Å². The summed E-state index contributed by atoms with van der Waals surface area (Å²) in [6.07, 6.45) is 0.373. The lowest BCUT2D eigenvalue weighted by molar-refractivity contribution is -0.129. The number of urea groups is 1. The fourth-order valence-corrected chi connectivity index (χ4v) is 2.56. The van der Waals surface area contributed by atoms with Crippen molar-refractivity contribution in [2.75, 3.05) is 11.9 Å². The van der Waals surface area contributed by atoms with Gasteiger partial charge in [-0.15, -0.1) is 0 Å². The molecule has 114 valence electrons. The number of amides is 3. The summed E-state index contributed by atoms with van der Waals surface area (Å²) in [4.78, 5) is 25.7. The van der Waals surface area contributed by atoms with Gasteiger partial charge in [0.15, 0.2) is 0 Å². The zero-order chi connectivity index (χ0) is 15.6. The van der Waals surface area contributed by atoms with Gasteiger partial charge in [0.25, 0.3) is 0 Å². The lowest BCUT2D eigenvalue weighted by Crippen LogP contribution is -2.41. The summed E-state index contributed by atoms with van der Waals surface area (Å²) >= 11 is 0. The Labute approximate surface area is 125 Å². The van der Waals surface area contributed by atoms with Crippen LogP contribution in [0, 0.1) is 13.8 Å². The van der Waals surface area contributed by atoms with Crippen molar-refractivity contribution in [2.24, 2.45) is 0 Å². The molecule has 0 spiro atoms. The van der Waals surface area contributed by atoms with E-state index in [4.69, 9.17) is 0 Å². The van der Waals surface area contributed by atoms with Crippen molar-refractivity contribution in [2.45, 2.75) is 46.2 Å². The van der Waals surface area contributed by atoms with E-state index in [1.54, 1.807) is 4.90 Å². The van der Waals surface area contributed by atoms with Gasteiger partial charge in [-0.1, -0.05) is 12.1 Å². The minimum absolute atomic E-state index is 0.0991. The van der Waals surface area contributed by atoms with E-state index < -0.39 is 0 Å².